The van der Waals surface area contributed by atoms with E-state index in [1.54, 1.807) is 6.92 Å². The zero-order valence-corrected chi connectivity index (χ0v) is 15.4. The van der Waals surface area contributed by atoms with Gasteiger partial charge in [0.15, 0.2) is 12.4 Å². The van der Waals surface area contributed by atoms with Crippen molar-refractivity contribution in [2.24, 2.45) is 0 Å². The van der Waals surface area contributed by atoms with Gasteiger partial charge in [0, 0.05) is 19.1 Å². The lowest BCUT2D eigenvalue weighted by molar-refractivity contribution is -0.387. The van der Waals surface area contributed by atoms with Gasteiger partial charge in [0.25, 0.3) is 5.91 Å². The zero-order chi connectivity index (χ0) is 20.1. The van der Waals surface area contributed by atoms with E-state index in [-0.39, 0.29) is 12.4 Å². The summed E-state index contributed by atoms with van der Waals surface area (Å²) in [5, 5.41) is 17.6. The third-order valence-corrected chi connectivity index (χ3v) is 4.78. The molecule has 1 N–H and O–H groups in total. The van der Waals surface area contributed by atoms with E-state index in [1.165, 1.54) is 6.07 Å². The largest absolute Gasteiger partial charge is 0.484 e. The molecule has 1 aliphatic carbocycles. The molecule has 9 nitrogen and oxygen atoms in total. The fraction of sp³-hybridized carbons (Fsp3) is 0.500. The minimum atomic E-state index is -1.02. The van der Waals surface area contributed by atoms with Crippen LogP contribution in [0.15, 0.2) is 22.7 Å². The van der Waals surface area contributed by atoms with Gasteiger partial charge in [-0.3, -0.25) is 14.9 Å². The minimum Gasteiger partial charge on any atom is -0.484 e. The highest BCUT2D eigenvalue weighted by atomic mass is 19.1. The summed E-state index contributed by atoms with van der Waals surface area (Å²) in [5.74, 6) is -0.538. The summed E-state index contributed by atoms with van der Waals surface area (Å²) in [4.78, 5) is 26.7. The Bertz CT molecular complexity index is 861. The topological polar surface area (TPSA) is 120 Å². The second-order valence-corrected chi connectivity index (χ2v) is 6.84. The first kappa shape index (κ1) is 19.7. The smallest absolute Gasteiger partial charge is 0.305 e. The van der Waals surface area contributed by atoms with Crippen molar-refractivity contribution in [3.63, 3.8) is 0 Å². The number of amides is 1. The molecule has 0 spiro atoms. The SMILES string of the molecule is Cc1nc(C2(NC(=O)COc3ccc([N+](=O)[O-])c(F)c3)CCCCCC2)no1. The highest BCUT2D eigenvalue weighted by Gasteiger charge is 2.38. The number of halogens is 1. The number of nitro groups is 1. The van der Waals surface area contributed by atoms with E-state index < -0.39 is 27.9 Å². The Morgan fingerprint density at radius 2 is 2.07 bits per heavy atom. The minimum absolute atomic E-state index is 0.0311. The molecular weight excluding hydrogens is 371 g/mol. The van der Waals surface area contributed by atoms with E-state index in [9.17, 15) is 19.3 Å². The Hall–Kier alpha value is -3.04. The Labute approximate surface area is 160 Å². The maximum atomic E-state index is 13.7. The number of nitro benzene ring substituents is 1. The maximum absolute atomic E-state index is 13.7. The number of rotatable bonds is 6. The van der Waals surface area contributed by atoms with Crippen LogP contribution in [0, 0.1) is 22.9 Å². The third kappa shape index (κ3) is 4.44. The van der Waals surface area contributed by atoms with Crippen LogP contribution < -0.4 is 10.1 Å². The van der Waals surface area contributed by atoms with Crippen molar-refractivity contribution >= 4 is 11.6 Å². The lowest BCUT2D eigenvalue weighted by Crippen LogP contribution is -2.48. The molecule has 3 rings (SSSR count). The van der Waals surface area contributed by atoms with Gasteiger partial charge < -0.3 is 14.6 Å². The van der Waals surface area contributed by atoms with Gasteiger partial charge in [-0.15, -0.1) is 0 Å². The lowest BCUT2D eigenvalue weighted by atomic mass is 9.89. The molecule has 0 radical (unpaired) electrons. The first-order valence-corrected chi connectivity index (χ1v) is 9.08. The number of ether oxygens (including phenoxy) is 1. The van der Waals surface area contributed by atoms with Crippen LogP contribution in [0.4, 0.5) is 10.1 Å². The molecule has 0 atom stereocenters. The van der Waals surface area contributed by atoms with E-state index in [0.717, 1.165) is 37.8 Å². The van der Waals surface area contributed by atoms with Crippen molar-refractivity contribution < 1.29 is 23.4 Å². The average molecular weight is 392 g/mol. The van der Waals surface area contributed by atoms with Crippen molar-refractivity contribution in [3.8, 4) is 5.75 Å². The van der Waals surface area contributed by atoms with Crippen LogP contribution in [-0.4, -0.2) is 27.6 Å². The van der Waals surface area contributed by atoms with Crippen LogP contribution in [0.5, 0.6) is 5.75 Å². The van der Waals surface area contributed by atoms with Gasteiger partial charge in [-0.1, -0.05) is 30.8 Å². The molecule has 1 amide bonds. The monoisotopic (exact) mass is 392 g/mol. The zero-order valence-electron chi connectivity index (χ0n) is 15.4. The van der Waals surface area contributed by atoms with Crippen molar-refractivity contribution in [2.75, 3.05) is 6.61 Å². The van der Waals surface area contributed by atoms with Crippen LogP contribution in [0.25, 0.3) is 0 Å². The molecule has 150 valence electrons. The highest BCUT2D eigenvalue weighted by Crippen LogP contribution is 2.34. The Kier molecular flexibility index (Phi) is 5.86. The summed E-state index contributed by atoms with van der Waals surface area (Å²) in [6, 6.07) is 3.13. The fourth-order valence-electron chi connectivity index (χ4n) is 3.41. The van der Waals surface area contributed by atoms with Crippen molar-refractivity contribution in [1.29, 1.82) is 0 Å². The number of aryl methyl sites for hydroxylation is 1. The molecule has 1 aromatic carbocycles. The molecule has 1 aliphatic rings. The number of carbonyl (C=O) groups is 1. The molecule has 1 heterocycles. The molecule has 0 bridgehead atoms. The number of aromatic nitrogens is 2. The van der Waals surface area contributed by atoms with Gasteiger partial charge in [-0.25, -0.2) is 0 Å². The number of nitrogens with zero attached hydrogens (tertiary/aromatic N) is 3. The summed E-state index contributed by atoms with van der Waals surface area (Å²) in [6.07, 6.45) is 5.33. The Balaban J connectivity index is 1.69. The van der Waals surface area contributed by atoms with E-state index in [2.05, 4.69) is 15.5 Å². The van der Waals surface area contributed by atoms with E-state index >= 15 is 0 Å². The number of carbonyl (C=O) groups excluding carboxylic acids is 1. The number of benzene rings is 1. The molecule has 0 unspecified atom stereocenters. The van der Waals surface area contributed by atoms with Gasteiger partial charge in [0.2, 0.25) is 11.7 Å². The standard InChI is InChI=1S/C18H21FN4O5/c1-12-20-17(22-28-12)18(8-4-2-3-5-9-18)21-16(24)11-27-13-6-7-15(23(25)26)14(19)10-13/h6-7,10H,2-5,8-9,11H2,1H3,(H,21,24). The van der Waals surface area contributed by atoms with Crippen LogP contribution in [-0.2, 0) is 10.3 Å². The van der Waals surface area contributed by atoms with Crippen LogP contribution in [0.1, 0.15) is 50.2 Å². The van der Waals surface area contributed by atoms with E-state index in [1.807, 2.05) is 0 Å². The molecule has 0 aliphatic heterocycles. The first-order valence-electron chi connectivity index (χ1n) is 9.08. The van der Waals surface area contributed by atoms with Crippen LogP contribution >= 0.6 is 0 Å². The van der Waals surface area contributed by atoms with Gasteiger partial charge >= 0.3 is 5.69 Å². The second kappa shape index (κ2) is 8.32. The maximum Gasteiger partial charge on any atom is 0.305 e. The highest BCUT2D eigenvalue weighted by molar-refractivity contribution is 5.78. The number of hydrogen-bond donors (Lipinski definition) is 1. The Morgan fingerprint density at radius 3 is 2.64 bits per heavy atom. The molecule has 2 aromatic rings. The molecule has 1 saturated carbocycles. The van der Waals surface area contributed by atoms with Crippen molar-refractivity contribution in [3.05, 3.63) is 45.8 Å². The lowest BCUT2D eigenvalue weighted by Gasteiger charge is -2.30. The first-order chi connectivity index (χ1) is 13.4. The molecule has 10 heteroatoms. The normalized spacial score (nSPS) is 16.2. The van der Waals surface area contributed by atoms with E-state index in [4.69, 9.17) is 9.26 Å². The molecule has 0 saturated heterocycles. The van der Waals surface area contributed by atoms with Gasteiger partial charge in [-0.2, -0.15) is 9.37 Å². The Morgan fingerprint density at radius 1 is 1.36 bits per heavy atom. The molecule has 1 fully saturated rings. The predicted octanol–water partition coefficient (Wildman–Crippen LogP) is 3.17. The molecule has 28 heavy (non-hydrogen) atoms. The van der Waals surface area contributed by atoms with Crippen molar-refractivity contribution in [1.82, 2.24) is 15.5 Å². The van der Waals surface area contributed by atoms with E-state index in [0.29, 0.717) is 24.6 Å². The predicted molar refractivity (Wildman–Crippen MR) is 95.1 cm³/mol. The molecular formula is C18H21FN4O5. The van der Waals surface area contributed by atoms with Gasteiger partial charge in [0.05, 0.1) is 4.92 Å². The second-order valence-electron chi connectivity index (χ2n) is 6.84. The quantitative estimate of drug-likeness (QED) is 0.455. The fourth-order valence-corrected chi connectivity index (χ4v) is 3.41. The summed E-state index contributed by atoms with van der Waals surface area (Å²) in [7, 11) is 0. The summed E-state index contributed by atoms with van der Waals surface area (Å²) in [5.41, 5.74) is -1.38. The summed E-state index contributed by atoms with van der Waals surface area (Å²) >= 11 is 0. The van der Waals surface area contributed by atoms with Gasteiger partial charge in [-0.05, 0) is 18.9 Å². The third-order valence-electron chi connectivity index (χ3n) is 4.78. The van der Waals surface area contributed by atoms with Crippen molar-refractivity contribution in [2.45, 2.75) is 51.0 Å². The van der Waals surface area contributed by atoms with Crippen LogP contribution in [0.2, 0.25) is 0 Å². The van der Waals surface area contributed by atoms with Crippen LogP contribution in [0.3, 0.4) is 0 Å². The summed E-state index contributed by atoms with van der Waals surface area (Å²) in [6.45, 7) is 1.32. The number of hydrogen-bond acceptors (Lipinski definition) is 7. The average Bonchev–Trinajstić information content (AvgIpc) is 2.95. The van der Waals surface area contributed by atoms with Gasteiger partial charge in [0.1, 0.15) is 11.3 Å². The molecule has 1 aromatic heterocycles. The number of nitrogens with one attached hydrogen (secondary N) is 1. The summed E-state index contributed by atoms with van der Waals surface area (Å²) < 4.78 is 24.1.